The predicted octanol–water partition coefficient (Wildman–Crippen LogP) is 1.74. The summed E-state index contributed by atoms with van der Waals surface area (Å²) in [6.45, 7) is 9.29. The van der Waals surface area contributed by atoms with Gasteiger partial charge in [-0.15, -0.1) is 0 Å². The van der Waals surface area contributed by atoms with E-state index < -0.39 is 0 Å². The van der Waals surface area contributed by atoms with E-state index in [0.717, 1.165) is 17.5 Å². The number of piperidine rings is 1. The number of aliphatic hydroxyl groups is 1. The van der Waals surface area contributed by atoms with E-state index in [2.05, 4.69) is 19.2 Å². The lowest BCUT2D eigenvalue weighted by atomic mass is 9.92. The van der Waals surface area contributed by atoms with E-state index in [1.807, 2.05) is 38.6 Å². The van der Waals surface area contributed by atoms with Gasteiger partial charge in [0, 0.05) is 51.9 Å². The second kappa shape index (κ2) is 12.0. The zero-order valence-corrected chi connectivity index (χ0v) is 21.0. The molecule has 4 rings (SSSR count). The Morgan fingerprint density at radius 3 is 2.71 bits per heavy atom. The van der Waals surface area contributed by atoms with Crippen molar-refractivity contribution >= 4 is 22.8 Å². The Bertz CT molecular complexity index is 1000. The van der Waals surface area contributed by atoms with Gasteiger partial charge in [-0.25, -0.2) is 4.98 Å². The number of carbonyl (C=O) groups excluding carboxylic acids is 2. The monoisotopic (exact) mass is 485 g/mol. The van der Waals surface area contributed by atoms with Crippen molar-refractivity contribution in [1.82, 2.24) is 24.7 Å². The molecule has 0 unspecified atom stereocenters. The largest absolute Gasteiger partial charge is 0.396 e. The van der Waals surface area contributed by atoms with Crippen LogP contribution >= 0.6 is 0 Å². The number of para-hydroxylation sites is 2. The Balaban J connectivity index is 1.58. The lowest BCUT2D eigenvalue weighted by Gasteiger charge is -2.40. The number of amides is 2. The summed E-state index contributed by atoms with van der Waals surface area (Å²) in [5, 5.41) is 12.7. The number of aliphatic hydroxyl groups excluding tert-OH is 1. The van der Waals surface area contributed by atoms with Crippen LogP contribution in [0.4, 0.5) is 0 Å². The van der Waals surface area contributed by atoms with E-state index in [1.165, 1.54) is 0 Å². The van der Waals surface area contributed by atoms with Crippen molar-refractivity contribution in [2.45, 2.75) is 45.7 Å². The van der Waals surface area contributed by atoms with Crippen molar-refractivity contribution in [2.24, 2.45) is 11.8 Å². The van der Waals surface area contributed by atoms with E-state index in [1.54, 1.807) is 0 Å². The SMILES string of the molecule is CC(C)CN(C(=O)c1nc2ccccc2n1CCCCO)[C@@H]1CNC[C@H](C(=O)N2CCOCC2)C1. The fourth-order valence-corrected chi connectivity index (χ4v) is 5.15. The number of aryl methyl sites for hydroxylation is 1. The summed E-state index contributed by atoms with van der Waals surface area (Å²) >= 11 is 0. The number of carbonyl (C=O) groups is 2. The Morgan fingerprint density at radius 2 is 1.97 bits per heavy atom. The molecule has 9 nitrogen and oxygen atoms in total. The lowest BCUT2D eigenvalue weighted by molar-refractivity contribution is -0.140. The number of ether oxygens (including phenoxy) is 1. The number of benzene rings is 1. The standard InChI is InChI=1S/C26H39N5O4/c1-19(2)18-31(21-15-20(16-27-17-21)25(33)29-10-13-35-14-11-29)26(34)24-28-22-7-3-4-8-23(22)30(24)9-5-6-12-32/h3-4,7-8,19-21,27,32H,5-6,9-18H2,1-2H3/t20-,21+/m1/s1. The third kappa shape index (κ3) is 6.02. The van der Waals surface area contributed by atoms with Crippen LogP contribution in [0.1, 0.15) is 43.7 Å². The molecule has 0 bridgehead atoms. The van der Waals surface area contributed by atoms with E-state index in [4.69, 9.17) is 9.72 Å². The minimum absolute atomic E-state index is 0.0839. The van der Waals surface area contributed by atoms with Crippen molar-refractivity contribution < 1.29 is 19.4 Å². The Kier molecular flexibility index (Phi) is 8.75. The Labute approximate surface area is 207 Å². The van der Waals surface area contributed by atoms with Gasteiger partial charge in [0.2, 0.25) is 5.91 Å². The lowest BCUT2D eigenvalue weighted by Crippen LogP contribution is -2.56. The number of fused-ring (bicyclic) bond motifs is 1. The van der Waals surface area contributed by atoms with Crippen LogP contribution in [0.5, 0.6) is 0 Å². The molecule has 2 aliphatic rings. The molecule has 2 aromatic rings. The highest BCUT2D eigenvalue weighted by atomic mass is 16.5. The molecule has 1 aromatic carbocycles. The normalized spacial score (nSPS) is 21.0. The van der Waals surface area contributed by atoms with Crippen LogP contribution in [0.25, 0.3) is 11.0 Å². The second-order valence-corrected chi connectivity index (χ2v) is 10.0. The smallest absolute Gasteiger partial charge is 0.290 e. The molecule has 0 spiro atoms. The van der Waals surface area contributed by atoms with Gasteiger partial charge in [0.25, 0.3) is 5.91 Å². The average molecular weight is 486 g/mol. The molecule has 2 aliphatic heterocycles. The molecule has 1 aromatic heterocycles. The molecule has 2 N–H and O–H groups in total. The van der Waals surface area contributed by atoms with Gasteiger partial charge in [0.05, 0.1) is 30.2 Å². The van der Waals surface area contributed by atoms with Crippen molar-refractivity contribution in [3.05, 3.63) is 30.1 Å². The third-order valence-electron chi connectivity index (χ3n) is 6.90. The number of hydrogen-bond acceptors (Lipinski definition) is 6. The molecule has 2 amide bonds. The Morgan fingerprint density at radius 1 is 1.20 bits per heavy atom. The van der Waals surface area contributed by atoms with E-state index >= 15 is 0 Å². The fraction of sp³-hybridized carbons (Fsp3) is 0.654. The topological polar surface area (TPSA) is 99.9 Å². The zero-order chi connectivity index (χ0) is 24.8. The summed E-state index contributed by atoms with van der Waals surface area (Å²) in [6, 6.07) is 7.73. The molecular formula is C26H39N5O4. The van der Waals surface area contributed by atoms with Gasteiger partial charge >= 0.3 is 0 Å². The maximum atomic E-state index is 14.0. The first kappa shape index (κ1) is 25.6. The molecule has 2 fully saturated rings. The third-order valence-corrected chi connectivity index (χ3v) is 6.90. The fourth-order valence-electron chi connectivity index (χ4n) is 5.15. The molecule has 0 radical (unpaired) electrons. The molecule has 0 aliphatic carbocycles. The zero-order valence-electron chi connectivity index (χ0n) is 21.0. The summed E-state index contributed by atoms with van der Waals surface area (Å²) in [6.07, 6.45) is 2.09. The number of morpholine rings is 1. The average Bonchev–Trinajstić information content (AvgIpc) is 3.25. The highest BCUT2D eigenvalue weighted by Gasteiger charge is 2.36. The van der Waals surface area contributed by atoms with Gasteiger partial charge in [-0.3, -0.25) is 9.59 Å². The van der Waals surface area contributed by atoms with Gasteiger partial charge in [-0.2, -0.15) is 0 Å². The number of aromatic nitrogens is 2. The summed E-state index contributed by atoms with van der Waals surface area (Å²) in [4.78, 5) is 35.8. The minimum Gasteiger partial charge on any atom is -0.396 e. The number of nitrogens with zero attached hydrogens (tertiary/aromatic N) is 4. The van der Waals surface area contributed by atoms with Crippen LogP contribution in [0.15, 0.2) is 24.3 Å². The molecule has 2 saturated heterocycles. The van der Waals surface area contributed by atoms with Gasteiger partial charge in [-0.05, 0) is 37.3 Å². The summed E-state index contributed by atoms with van der Waals surface area (Å²) in [5.74, 6) is 0.620. The first-order valence-electron chi connectivity index (χ1n) is 12.9. The first-order valence-corrected chi connectivity index (χ1v) is 12.9. The molecule has 9 heteroatoms. The first-order chi connectivity index (χ1) is 17.0. The maximum Gasteiger partial charge on any atom is 0.290 e. The number of hydrogen-bond donors (Lipinski definition) is 2. The summed E-state index contributed by atoms with van der Waals surface area (Å²) in [5.41, 5.74) is 1.73. The molecule has 35 heavy (non-hydrogen) atoms. The van der Waals surface area contributed by atoms with Crippen molar-refractivity contribution in [1.29, 1.82) is 0 Å². The molecular weight excluding hydrogens is 446 g/mol. The van der Waals surface area contributed by atoms with Crippen LogP contribution in [0.2, 0.25) is 0 Å². The minimum atomic E-state index is -0.155. The number of nitrogens with one attached hydrogen (secondary N) is 1. The summed E-state index contributed by atoms with van der Waals surface area (Å²) < 4.78 is 7.40. The highest BCUT2D eigenvalue weighted by Crippen LogP contribution is 2.24. The number of unbranched alkanes of at least 4 members (excludes halogenated alkanes) is 1. The number of rotatable bonds is 9. The van der Waals surface area contributed by atoms with E-state index in [0.29, 0.717) is 71.1 Å². The van der Waals surface area contributed by atoms with E-state index in [9.17, 15) is 14.7 Å². The highest BCUT2D eigenvalue weighted by molar-refractivity contribution is 5.95. The quantitative estimate of drug-likeness (QED) is 0.525. The Hall–Kier alpha value is -2.49. The predicted molar refractivity (Wildman–Crippen MR) is 134 cm³/mol. The van der Waals surface area contributed by atoms with Crippen molar-refractivity contribution in [3.8, 4) is 0 Å². The van der Waals surface area contributed by atoms with Crippen LogP contribution in [-0.2, 0) is 16.1 Å². The van der Waals surface area contributed by atoms with Gasteiger partial charge in [0.1, 0.15) is 0 Å². The molecule has 0 saturated carbocycles. The van der Waals surface area contributed by atoms with Crippen LogP contribution < -0.4 is 5.32 Å². The van der Waals surface area contributed by atoms with Crippen LogP contribution in [0.3, 0.4) is 0 Å². The van der Waals surface area contributed by atoms with Gasteiger partial charge < -0.3 is 29.5 Å². The maximum absolute atomic E-state index is 14.0. The molecule has 192 valence electrons. The van der Waals surface area contributed by atoms with Crippen molar-refractivity contribution in [2.75, 3.05) is 52.5 Å². The van der Waals surface area contributed by atoms with E-state index in [-0.39, 0.29) is 36.3 Å². The van der Waals surface area contributed by atoms with Crippen molar-refractivity contribution in [3.63, 3.8) is 0 Å². The second-order valence-electron chi connectivity index (χ2n) is 10.0. The van der Waals surface area contributed by atoms with Gasteiger partial charge in [-0.1, -0.05) is 26.0 Å². The van der Waals surface area contributed by atoms with Crippen LogP contribution in [-0.4, -0.2) is 94.9 Å². The van der Waals surface area contributed by atoms with Crippen LogP contribution in [0, 0.1) is 11.8 Å². The summed E-state index contributed by atoms with van der Waals surface area (Å²) in [7, 11) is 0. The molecule has 2 atom stereocenters. The molecule has 3 heterocycles. The van der Waals surface area contributed by atoms with Gasteiger partial charge in [0.15, 0.2) is 5.82 Å². The number of imidazole rings is 1.